The summed E-state index contributed by atoms with van der Waals surface area (Å²) >= 11 is 0. The van der Waals surface area contributed by atoms with Gasteiger partial charge in [-0.05, 0) is 24.0 Å². The highest BCUT2D eigenvalue weighted by atomic mass is 15.0. The maximum atomic E-state index is 4.13. The molecule has 0 bridgehead atoms. The number of fused-ring (bicyclic) bond motifs is 1. The van der Waals surface area contributed by atoms with Crippen LogP contribution in [0.2, 0.25) is 0 Å². The van der Waals surface area contributed by atoms with E-state index in [0.29, 0.717) is 6.04 Å². The Kier molecular flexibility index (Phi) is 2.69. The Hall–Kier alpha value is -1.61. The van der Waals surface area contributed by atoms with Crippen LogP contribution in [-0.2, 0) is 26.4 Å². The van der Waals surface area contributed by atoms with E-state index in [2.05, 4.69) is 39.1 Å². The number of rotatable bonds is 3. The van der Waals surface area contributed by atoms with Gasteiger partial charge in [-0.2, -0.15) is 0 Å². The Morgan fingerprint density at radius 2 is 2.00 bits per heavy atom. The van der Waals surface area contributed by atoms with E-state index >= 15 is 0 Å². The average molecular weight is 227 g/mol. The Bertz CT molecular complexity index is 491. The third kappa shape index (κ3) is 2.11. The van der Waals surface area contributed by atoms with Gasteiger partial charge in [-0.3, -0.25) is 0 Å². The molecule has 0 aliphatic heterocycles. The fourth-order valence-corrected chi connectivity index (χ4v) is 2.51. The van der Waals surface area contributed by atoms with E-state index in [4.69, 9.17) is 0 Å². The normalized spacial score (nSPS) is 15.1. The van der Waals surface area contributed by atoms with Gasteiger partial charge in [0.1, 0.15) is 0 Å². The van der Waals surface area contributed by atoms with Crippen LogP contribution < -0.4 is 5.32 Å². The van der Waals surface area contributed by atoms with Gasteiger partial charge in [-0.15, -0.1) is 0 Å². The molecule has 1 N–H and O–H groups in total. The summed E-state index contributed by atoms with van der Waals surface area (Å²) in [5, 5.41) is 3.61. The Balaban J connectivity index is 1.61. The average Bonchev–Trinajstić information content (AvgIpc) is 2.92. The molecule has 1 aromatic heterocycles. The Labute approximate surface area is 101 Å². The molecule has 1 aromatic carbocycles. The van der Waals surface area contributed by atoms with Crippen LogP contribution in [0.1, 0.15) is 16.8 Å². The molecule has 0 amide bonds. The number of nitrogens with zero attached hydrogens (tertiary/aromatic N) is 2. The highest BCUT2D eigenvalue weighted by Gasteiger charge is 2.20. The lowest BCUT2D eigenvalue weighted by molar-refractivity contribution is 0.521. The van der Waals surface area contributed by atoms with E-state index in [-0.39, 0.29) is 0 Å². The molecule has 2 aromatic rings. The lowest BCUT2D eigenvalue weighted by Crippen LogP contribution is -2.29. The van der Waals surface area contributed by atoms with Crippen molar-refractivity contribution >= 4 is 0 Å². The predicted molar refractivity (Wildman–Crippen MR) is 67.7 cm³/mol. The quantitative estimate of drug-likeness (QED) is 0.864. The van der Waals surface area contributed by atoms with Crippen molar-refractivity contribution < 1.29 is 0 Å². The summed E-state index contributed by atoms with van der Waals surface area (Å²) in [5.74, 6) is 0. The summed E-state index contributed by atoms with van der Waals surface area (Å²) in [6.07, 6.45) is 6.07. The van der Waals surface area contributed by atoms with Crippen molar-refractivity contribution in [3.8, 4) is 0 Å². The maximum Gasteiger partial charge on any atom is 0.0945 e. The molecular weight excluding hydrogens is 210 g/mol. The van der Waals surface area contributed by atoms with Gasteiger partial charge in [0.2, 0.25) is 0 Å². The maximum absolute atomic E-state index is 4.13. The van der Waals surface area contributed by atoms with Crippen molar-refractivity contribution in [3.05, 3.63) is 53.6 Å². The molecule has 1 aliphatic carbocycles. The molecular formula is C14H17N3. The van der Waals surface area contributed by atoms with Crippen LogP contribution in [0.5, 0.6) is 0 Å². The third-order valence-corrected chi connectivity index (χ3v) is 3.54. The topological polar surface area (TPSA) is 29.9 Å². The fourth-order valence-electron chi connectivity index (χ4n) is 2.51. The summed E-state index contributed by atoms with van der Waals surface area (Å²) in [4.78, 5) is 4.13. The van der Waals surface area contributed by atoms with Crippen LogP contribution in [0.4, 0.5) is 0 Å². The molecule has 0 saturated heterocycles. The Morgan fingerprint density at radius 1 is 1.29 bits per heavy atom. The van der Waals surface area contributed by atoms with Crippen LogP contribution in [0, 0.1) is 0 Å². The molecule has 3 nitrogen and oxygen atoms in total. The van der Waals surface area contributed by atoms with Crippen molar-refractivity contribution in [1.82, 2.24) is 14.9 Å². The van der Waals surface area contributed by atoms with Gasteiger partial charge in [-0.1, -0.05) is 24.3 Å². The van der Waals surface area contributed by atoms with Crippen LogP contribution >= 0.6 is 0 Å². The summed E-state index contributed by atoms with van der Waals surface area (Å²) < 4.78 is 2.06. The predicted octanol–water partition coefficient (Wildman–Crippen LogP) is 1.68. The molecule has 3 rings (SSSR count). The number of aromatic nitrogens is 2. The monoisotopic (exact) mass is 227 g/mol. The van der Waals surface area contributed by atoms with Gasteiger partial charge >= 0.3 is 0 Å². The molecule has 0 unspecified atom stereocenters. The van der Waals surface area contributed by atoms with Gasteiger partial charge in [0.25, 0.3) is 0 Å². The first-order valence-electron chi connectivity index (χ1n) is 6.08. The first-order valence-corrected chi connectivity index (χ1v) is 6.08. The highest BCUT2D eigenvalue weighted by molar-refractivity contribution is 5.33. The minimum absolute atomic E-state index is 0.572. The number of hydrogen-bond acceptors (Lipinski definition) is 2. The van der Waals surface area contributed by atoms with Crippen molar-refractivity contribution in [2.75, 3.05) is 0 Å². The minimum Gasteiger partial charge on any atom is -0.337 e. The SMILES string of the molecule is Cn1cncc1CNC1Cc2ccccc2C1. The van der Waals surface area contributed by atoms with E-state index in [1.54, 1.807) is 0 Å². The summed E-state index contributed by atoms with van der Waals surface area (Å²) in [6, 6.07) is 9.30. The minimum atomic E-state index is 0.572. The van der Waals surface area contributed by atoms with Crippen molar-refractivity contribution in [3.63, 3.8) is 0 Å². The second kappa shape index (κ2) is 4.34. The van der Waals surface area contributed by atoms with E-state index < -0.39 is 0 Å². The third-order valence-electron chi connectivity index (χ3n) is 3.54. The molecule has 1 aliphatic rings. The molecule has 17 heavy (non-hydrogen) atoms. The summed E-state index contributed by atoms with van der Waals surface area (Å²) in [7, 11) is 2.04. The van der Waals surface area contributed by atoms with Gasteiger partial charge in [-0.25, -0.2) is 4.98 Å². The van der Waals surface area contributed by atoms with E-state index in [9.17, 15) is 0 Å². The highest BCUT2D eigenvalue weighted by Crippen LogP contribution is 2.21. The largest absolute Gasteiger partial charge is 0.337 e. The van der Waals surface area contributed by atoms with E-state index in [1.807, 2.05) is 19.6 Å². The molecule has 3 heteroatoms. The van der Waals surface area contributed by atoms with Gasteiger partial charge in [0.15, 0.2) is 0 Å². The van der Waals surface area contributed by atoms with E-state index in [0.717, 1.165) is 19.4 Å². The molecule has 1 heterocycles. The molecule has 0 fully saturated rings. The van der Waals surface area contributed by atoms with Crippen LogP contribution in [0.25, 0.3) is 0 Å². The Morgan fingerprint density at radius 3 is 2.59 bits per heavy atom. The number of benzene rings is 1. The molecule has 0 radical (unpaired) electrons. The fraction of sp³-hybridized carbons (Fsp3) is 0.357. The molecule has 0 spiro atoms. The first-order chi connectivity index (χ1) is 8.33. The van der Waals surface area contributed by atoms with Gasteiger partial charge in [0.05, 0.1) is 12.0 Å². The lowest BCUT2D eigenvalue weighted by Gasteiger charge is -2.11. The zero-order chi connectivity index (χ0) is 11.7. The first kappa shape index (κ1) is 10.5. The van der Waals surface area contributed by atoms with Gasteiger partial charge < -0.3 is 9.88 Å². The second-order valence-electron chi connectivity index (χ2n) is 4.75. The smallest absolute Gasteiger partial charge is 0.0945 e. The number of imidazole rings is 1. The lowest BCUT2D eigenvalue weighted by atomic mass is 10.1. The number of hydrogen-bond donors (Lipinski definition) is 1. The van der Waals surface area contributed by atoms with Crippen molar-refractivity contribution in [1.29, 1.82) is 0 Å². The standard InChI is InChI=1S/C14H17N3/c1-17-10-15-8-14(17)9-16-13-6-11-4-2-3-5-12(11)7-13/h2-5,8,10,13,16H,6-7,9H2,1H3. The number of aryl methyl sites for hydroxylation is 1. The van der Waals surface area contributed by atoms with Crippen LogP contribution in [-0.4, -0.2) is 15.6 Å². The summed E-state index contributed by atoms with van der Waals surface area (Å²) in [6.45, 7) is 0.898. The molecule has 0 saturated carbocycles. The van der Waals surface area contributed by atoms with Crippen molar-refractivity contribution in [2.24, 2.45) is 7.05 Å². The van der Waals surface area contributed by atoms with Gasteiger partial charge in [0, 0.05) is 25.8 Å². The summed E-state index contributed by atoms with van der Waals surface area (Å²) in [5.41, 5.74) is 4.23. The molecule has 0 atom stereocenters. The number of nitrogens with one attached hydrogen (secondary N) is 1. The van der Waals surface area contributed by atoms with Crippen LogP contribution in [0.3, 0.4) is 0 Å². The second-order valence-corrected chi connectivity index (χ2v) is 4.75. The zero-order valence-electron chi connectivity index (χ0n) is 10.1. The van der Waals surface area contributed by atoms with Crippen molar-refractivity contribution in [2.45, 2.75) is 25.4 Å². The van der Waals surface area contributed by atoms with E-state index in [1.165, 1.54) is 16.8 Å². The van der Waals surface area contributed by atoms with Crippen LogP contribution in [0.15, 0.2) is 36.8 Å². The molecule has 88 valence electrons. The zero-order valence-corrected chi connectivity index (χ0v) is 10.1.